The summed E-state index contributed by atoms with van der Waals surface area (Å²) in [5.74, 6) is -0.312. The van der Waals surface area contributed by atoms with Gasteiger partial charge >= 0.3 is 0 Å². The van der Waals surface area contributed by atoms with Gasteiger partial charge < -0.3 is 15.0 Å². The quantitative estimate of drug-likeness (QED) is 0.652. The van der Waals surface area contributed by atoms with E-state index in [1.54, 1.807) is 36.3 Å². The van der Waals surface area contributed by atoms with Gasteiger partial charge in [0, 0.05) is 12.3 Å². The zero-order valence-corrected chi connectivity index (χ0v) is 14.1. The van der Waals surface area contributed by atoms with Gasteiger partial charge in [0.05, 0.1) is 30.2 Å². The minimum atomic E-state index is -1.19. The molecule has 1 aromatic rings. The highest BCUT2D eigenvalue weighted by Gasteiger charge is 2.45. The summed E-state index contributed by atoms with van der Waals surface area (Å²) in [6.45, 7) is 1.64. The lowest BCUT2D eigenvalue weighted by Gasteiger charge is -2.41. The molecular formula is C17H16N4O5. The van der Waals surface area contributed by atoms with Gasteiger partial charge in [-0.1, -0.05) is 6.08 Å². The largest absolute Gasteiger partial charge is 0.494 e. The highest BCUT2D eigenvalue weighted by molar-refractivity contribution is 6.12. The van der Waals surface area contributed by atoms with Gasteiger partial charge in [0.15, 0.2) is 0 Å². The number of ether oxygens (including phenoxy) is 1. The molecule has 2 aliphatic heterocycles. The number of hydrogen-bond donors (Lipinski definition) is 1. The molecule has 1 atom stereocenters. The third-order valence-electron chi connectivity index (χ3n) is 4.24. The number of benzene rings is 1. The number of nitrogens with one attached hydrogen (secondary N) is 1. The molecule has 0 radical (unpaired) electrons. The number of nitro groups is 1. The molecule has 1 aromatic carbocycles. The summed E-state index contributed by atoms with van der Waals surface area (Å²) >= 11 is 0. The van der Waals surface area contributed by atoms with Crippen LogP contribution in [0.15, 0.2) is 47.6 Å². The van der Waals surface area contributed by atoms with E-state index in [-0.39, 0.29) is 23.5 Å². The van der Waals surface area contributed by atoms with Gasteiger partial charge in [-0.15, -0.1) is 0 Å². The van der Waals surface area contributed by atoms with Gasteiger partial charge in [0.2, 0.25) is 0 Å². The van der Waals surface area contributed by atoms with Crippen molar-refractivity contribution in [3.05, 3.63) is 52.7 Å². The minimum absolute atomic E-state index is 0.101. The Morgan fingerprint density at radius 1 is 1.42 bits per heavy atom. The lowest BCUT2D eigenvalue weighted by molar-refractivity contribution is -0.384. The maximum Gasteiger partial charge on any atom is 0.273 e. The Kier molecular flexibility index (Phi) is 4.29. The van der Waals surface area contributed by atoms with Crippen LogP contribution in [0.3, 0.4) is 0 Å². The molecule has 0 saturated heterocycles. The zero-order valence-electron chi connectivity index (χ0n) is 14.1. The zero-order chi connectivity index (χ0) is 18.9. The number of amidine groups is 1. The van der Waals surface area contributed by atoms with Crippen LogP contribution in [0.4, 0.5) is 11.4 Å². The number of non-ortho nitro benzene ring substituents is 1. The van der Waals surface area contributed by atoms with E-state index in [9.17, 15) is 19.7 Å². The summed E-state index contributed by atoms with van der Waals surface area (Å²) in [7, 11) is 1.35. The van der Waals surface area contributed by atoms with Crippen LogP contribution in [-0.4, -0.2) is 40.1 Å². The van der Waals surface area contributed by atoms with Gasteiger partial charge in [-0.25, -0.2) is 0 Å². The first kappa shape index (κ1) is 17.3. The first-order valence-electron chi connectivity index (χ1n) is 7.75. The van der Waals surface area contributed by atoms with Gasteiger partial charge in [-0.2, -0.15) is 4.99 Å². The van der Waals surface area contributed by atoms with Crippen molar-refractivity contribution in [3.8, 4) is 5.75 Å². The van der Waals surface area contributed by atoms with Crippen LogP contribution in [-0.2, 0) is 9.59 Å². The maximum atomic E-state index is 13.0. The molecule has 0 bridgehead atoms. The van der Waals surface area contributed by atoms with E-state index in [0.717, 1.165) is 0 Å². The van der Waals surface area contributed by atoms with Crippen molar-refractivity contribution in [2.75, 3.05) is 12.4 Å². The Morgan fingerprint density at radius 2 is 2.19 bits per heavy atom. The number of methoxy groups -OCH3 is 1. The van der Waals surface area contributed by atoms with Crippen molar-refractivity contribution < 1.29 is 19.2 Å². The van der Waals surface area contributed by atoms with Crippen molar-refractivity contribution in [2.24, 2.45) is 4.99 Å². The second kappa shape index (κ2) is 6.43. The molecule has 1 N–H and O–H groups in total. The molecule has 9 heteroatoms. The number of hydrogen-bond acceptors (Lipinski definition) is 6. The van der Waals surface area contributed by atoms with Crippen molar-refractivity contribution >= 4 is 29.0 Å². The smallest absolute Gasteiger partial charge is 0.273 e. The lowest BCUT2D eigenvalue weighted by Crippen LogP contribution is -2.58. The molecule has 134 valence electrons. The fourth-order valence-corrected chi connectivity index (χ4v) is 2.83. The number of carbonyl (C=O) groups excluding carboxylic acids is 2. The average Bonchev–Trinajstić information content (AvgIpc) is 2.61. The van der Waals surface area contributed by atoms with Crippen LogP contribution in [0.2, 0.25) is 0 Å². The Bertz CT molecular complexity index is 889. The number of carbonyl (C=O) groups is 2. The Hall–Kier alpha value is -3.49. The highest BCUT2D eigenvalue weighted by Crippen LogP contribution is 2.33. The standard InChI is InChI=1S/C17H16N4O5/c1-17(10-15(22)19-14-5-3-4-8-20(14)17)16(23)18-12-7-6-11(21(24)25)9-13(12)26-2/h3-9H,10H2,1-2H3,(H,18,23). The molecule has 2 heterocycles. The number of fused-ring (bicyclic) bond motifs is 1. The monoisotopic (exact) mass is 356 g/mol. The van der Waals surface area contributed by atoms with E-state index in [4.69, 9.17) is 4.74 Å². The number of nitrogens with zero attached hydrogens (tertiary/aromatic N) is 3. The summed E-state index contributed by atoms with van der Waals surface area (Å²) in [4.78, 5) is 40.9. The minimum Gasteiger partial charge on any atom is -0.494 e. The van der Waals surface area contributed by atoms with Gasteiger partial charge in [0.1, 0.15) is 17.1 Å². The number of amides is 2. The molecule has 3 rings (SSSR count). The van der Waals surface area contributed by atoms with Crippen molar-refractivity contribution in [1.29, 1.82) is 0 Å². The molecule has 0 fully saturated rings. The van der Waals surface area contributed by atoms with Crippen LogP contribution in [0.25, 0.3) is 0 Å². The molecule has 26 heavy (non-hydrogen) atoms. The fourth-order valence-electron chi connectivity index (χ4n) is 2.83. The molecule has 1 unspecified atom stereocenters. The molecule has 0 saturated carbocycles. The van der Waals surface area contributed by atoms with Crippen LogP contribution in [0.1, 0.15) is 13.3 Å². The molecule has 0 aliphatic carbocycles. The number of anilines is 1. The predicted octanol–water partition coefficient (Wildman–Crippen LogP) is 2.01. The Labute approximate surface area is 148 Å². The number of rotatable bonds is 4. The van der Waals surface area contributed by atoms with Crippen LogP contribution >= 0.6 is 0 Å². The Balaban J connectivity index is 1.91. The topological polar surface area (TPSA) is 114 Å². The molecule has 0 aromatic heterocycles. The van der Waals surface area contributed by atoms with E-state index >= 15 is 0 Å². The van der Waals surface area contributed by atoms with Crippen molar-refractivity contribution in [3.63, 3.8) is 0 Å². The van der Waals surface area contributed by atoms with Crippen molar-refractivity contribution in [1.82, 2.24) is 4.90 Å². The predicted molar refractivity (Wildman–Crippen MR) is 93.9 cm³/mol. The molecular weight excluding hydrogens is 340 g/mol. The highest BCUT2D eigenvalue weighted by atomic mass is 16.6. The first-order valence-corrected chi connectivity index (χ1v) is 7.75. The number of allylic oxidation sites excluding steroid dienone is 2. The van der Waals surface area contributed by atoms with Gasteiger partial charge in [-0.05, 0) is 25.1 Å². The van der Waals surface area contributed by atoms with Gasteiger partial charge in [-0.3, -0.25) is 19.7 Å². The van der Waals surface area contributed by atoms with E-state index in [2.05, 4.69) is 10.3 Å². The third kappa shape index (κ3) is 2.94. The van der Waals surface area contributed by atoms with E-state index < -0.39 is 22.3 Å². The average molecular weight is 356 g/mol. The summed E-state index contributed by atoms with van der Waals surface area (Å²) in [6, 6.07) is 3.88. The number of aliphatic imine (C=N–C) groups is 1. The molecule has 0 spiro atoms. The van der Waals surface area contributed by atoms with Crippen LogP contribution in [0.5, 0.6) is 5.75 Å². The van der Waals surface area contributed by atoms with E-state index in [0.29, 0.717) is 5.84 Å². The van der Waals surface area contributed by atoms with Crippen LogP contribution < -0.4 is 10.1 Å². The van der Waals surface area contributed by atoms with Crippen molar-refractivity contribution in [2.45, 2.75) is 18.9 Å². The summed E-state index contributed by atoms with van der Waals surface area (Å²) in [5, 5.41) is 13.6. The fraction of sp³-hybridized carbons (Fsp3) is 0.235. The van der Waals surface area contributed by atoms with Gasteiger partial charge in [0.25, 0.3) is 17.5 Å². The second-order valence-corrected chi connectivity index (χ2v) is 5.98. The molecule has 2 aliphatic rings. The van der Waals surface area contributed by atoms with Crippen LogP contribution in [0, 0.1) is 10.1 Å². The summed E-state index contributed by atoms with van der Waals surface area (Å²) < 4.78 is 5.14. The molecule has 2 amide bonds. The summed E-state index contributed by atoms with van der Waals surface area (Å²) in [6.07, 6.45) is 6.70. The van der Waals surface area contributed by atoms with E-state index in [1.807, 2.05) is 0 Å². The number of nitro benzene ring substituents is 1. The second-order valence-electron chi connectivity index (χ2n) is 5.98. The Morgan fingerprint density at radius 3 is 2.88 bits per heavy atom. The lowest BCUT2D eigenvalue weighted by atomic mass is 9.91. The normalized spacial score (nSPS) is 21.1. The third-order valence-corrected chi connectivity index (χ3v) is 4.24. The molecule has 9 nitrogen and oxygen atoms in total. The van der Waals surface area contributed by atoms with E-state index in [1.165, 1.54) is 25.3 Å². The maximum absolute atomic E-state index is 13.0. The first-order chi connectivity index (χ1) is 12.3. The summed E-state index contributed by atoms with van der Waals surface area (Å²) in [5.41, 5.74) is -1.07. The SMILES string of the molecule is COc1cc([N+](=O)[O-])ccc1NC(=O)C1(C)CC(=O)N=C2C=CC=CN21.